The van der Waals surface area contributed by atoms with Gasteiger partial charge in [-0.15, -0.1) is 0 Å². The van der Waals surface area contributed by atoms with Crippen molar-refractivity contribution in [1.29, 1.82) is 0 Å². The maximum Gasteiger partial charge on any atom is 0.341 e. The highest BCUT2D eigenvalue weighted by Gasteiger charge is 2.17. The van der Waals surface area contributed by atoms with Gasteiger partial charge in [-0.25, -0.2) is 4.79 Å². The molecule has 0 saturated heterocycles. The van der Waals surface area contributed by atoms with Crippen molar-refractivity contribution in [2.75, 3.05) is 12.8 Å². The van der Waals surface area contributed by atoms with Gasteiger partial charge in [0.2, 0.25) is 0 Å². The van der Waals surface area contributed by atoms with E-state index in [-0.39, 0.29) is 0 Å². The van der Waals surface area contributed by atoms with Crippen LogP contribution in [-0.4, -0.2) is 13.1 Å². The number of methoxy groups -OCH3 is 1. The molecule has 0 aliphatic heterocycles. The van der Waals surface area contributed by atoms with Gasteiger partial charge in [0.25, 0.3) is 0 Å². The van der Waals surface area contributed by atoms with Crippen LogP contribution in [0.3, 0.4) is 0 Å². The fourth-order valence-corrected chi connectivity index (χ4v) is 2.67. The van der Waals surface area contributed by atoms with Gasteiger partial charge in [-0.05, 0) is 54.7 Å². The molecule has 0 bridgehead atoms. The molecule has 1 aliphatic carbocycles. The third-order valence-corrected chi connectivity index (χ3v) is 3.74. The highest BCUT2D eigenvalue weighted by atomic mass is 16.5. The second-order valence-electron chi connectivity index (χ2n) is 5.10. The molecule has 0 radical (unpaired) electrons. The molecule has 108 valence electrons. The molecule has 4 nitrogen and oxygen atoms in total. The standard InChI is InChI=1S/C17H17NO3/c1-20-17(19)14-6-3-7-15(18)16(14)21-13-9-8-11-4-2-5-12(11)10-13/h3,6-10H,2,4-5,18H2,1H3. The number of para-hydroxylation sites is 1. The Morgan fingerprint density at radius 2 is 1.95 bits per heavy atom. The van der Waals surface area contributed by atoms with Gasteiger partial charge in [0.05, 0.1) is 12.8 Å². The zero-order chi connectivity index (χ0) is 14.8. The van der Waals surface area contributed by atoms with Gasteiger partial charge in [0.1, 0.15) is 11.3 Å². The summed E-state index contributed by atoms with van der Waals surface area (Å²) < 4.78 is 10.6. The Bertz CT molecular complexity index is 694. The number of esters is 1. The minimum Gasteiger partial charge on any atom is -0.465 e. The van der Waals surface area contributed by atoms with Crippen molar-refractivity contribution in [2.24, 2.45) is 0 Å². The second-order valence-corrected chi connectivity index (χ2v) is 5.10. The van der Waals surface area contributed by atoms with E-state index in [1.54, 1.807) is 18.2 Å². The molecule has 0 unspecified atom stereocenters. The van der Waals surface area contributed by atoms with Gasteiger partial charge in [-0.1, -0.05) is 12.1 Å². The predicted octanol–water partition coefficient (Wildman–Crippen LogP) is 3.34. The number of nitrogens with two attached hydrogens (primary N) is 1. The third kappa shape index (κ3) is 2.57. The fourth-order valence-electron chi connectivity index (χ4n) is 2.67. The first-order chi connectivity index (χ1) is 10.2. The molecule has 3 rings (SSSR count). The van der Waals surface area contributed by atoms with E-state index in [1.807, 2.05) is 12.1 Å². The van der Waals surface area contributed by atoms with Gasteiger partial charge in [0, 0.05) is 0 Å². The van der Waals surface area contributed by atoms with Crippen LogP contribution in [0.2, 0.25) is 0 Å². The first kappa shape index (κ1) is 13.5. The Morgan fingerprint density at radius 3 is 2.76 bits per heavy atom. The molecule has 0 spiro atoms. The number of carbonyl (C=O) groups excluding carboxylic acids is 1. The second kappa shape index (κ2) is 5.48. The van der Waals surface area contributed by atoms with Crippen molar-refractivity contribution in [1.82, 2.24) is 0 Å². The highest BCUT2D eigenvalue weighted by Crippen LogP contribution is 2.34. The Labute approximate surface area is 123 Å². The number of hydrogen-bond donors (Lipinski definition) is 1. The molecule has 4 heteroatoms. The van der Waals surface area contributed by atoms with Crippen LogP contribution in [0.4, 0.5) is 5.69 Å². The van der Waals surface area contributed by atoms with Crippen molar-refractivity contribution in [3.8, 4) is 11.5 Å². The quantitative estimate of drug-likeness (QED) is 0.693. The monoisotopic (exact) mass is 283 g/mol. The van der Waals surface area contributed by atoms with E-state index in [1.165, 1.54) is 24.7 Å². The maximum absolute atomic E-state index is 11.8. The molecule has 2 aromatic carbocycles. The van der Waals surface area contributed by atoms with E-state index >= 15 is 0 Å². The maximum atomic E-state index is 11.8. The lowest BCUT2D eigenvalue weighted by Gasteiger charge is -2.13. The number of anilines is 1. The summed E-state index contributed by atoms with van der Waals surface area (Å²) in [5, 5.41) is 0. The first-order valence-electron chi connectivity index (χ1n) is 6.95. The van der Waals surface area contributed by atoms with Crippen LogP contribution >= 0.6 is 0 Å². The van der Waals surface area contributed by atoms with Crippen molar-refractivity contribution >= 4 is 11.7 Å². The zero-order valence-corrected chi connectivity index (χ0v) is 11.9. The molecule has 1 aliphatic rings. The molecule has 2 aromatic rings. The number of rotatable bonds is 3. The van der Waals surface area contributed by atoms with E-state index in [0.717, 1.165) is 12.8 Å². The lowest BCUT2D eigenvalue weighted by atomic mass is 10.1. The summed E-state index contributed by atoms with van der Waals surface area (Å²) in [5.74, 6) is 0.583. The van der Waals surface area contributed by atoms with Gasteiger partial charge in [-0.3, -0.25) is 0 Å². The van der Waals surface area contributed by atoms with Crippen LogP contribution in [0.5, 0.6) is 11.5 Å². The van der Waals surface area contributed by atoms with E-state index in [2.05, 4.69) is 6.07 Å². The lowest BCUT2D eigenvalue weighted by Crippen LogP contribution is -2.05. The summed E-state index contributed by atoms with van der Waals surface area (Å²) in [7, 11) is 1.34. The average Bonchev–Trinajstić information content (AvgIpc) is 2.96. The van der Waals surface area contributed by atoms with Gasteiger partial charge < -0.3 is 15.2 Å². The van der Waals surface area contributed by atoms with Crippen LogP contribution < -0.4 is 10.5 Å². The van der Waals surface area contributed by atoms with Crippen molar-refractivity contribution < 1.29 is 14.3 Å². The van der Waals surface area contributed by atoms with Gasteiger partial charge in [0.15, 0.2) is 5.75 Å². The largest absolute Gasteiger partial charge is 0.465 e. The molecular weight excluding hydrogens is 266 g/mol. The molecule has 0 aromatic heterocycles. The molecular formula is C17H17NO3. The number of ether oxygens (including phenoxy) is 2. The summed E-state index contributed by atoms with van der Waals surface area (Å²) >= 11 is 0. The van der Waals surface area contributed by atoms with Crippen LogP contribution in [0.15, 0.2) is 36.4 Å². The molecule has 2 N–H and O–H groups in total. The van der Waals surface area contributed by atoms with Crippen LogP contribution in [0.1, 0.15) is 27.9 Å². The highest BCUT2D eigenvalue weighted by molar-refractivity contribution is 5.94. The van der Waals surface area contributed by atoms with E-state index in [4.69, 9.17) is 15.2 Å². The Balaban J connectivity index is 1.96. The summed E-state index contributed by atoms with van der Waals surface area (Å²) in [5.41, 5.74) is 9.37. The average molecular weight is 283 g/mol. The van der Waals surface area contributed by atoms with Crippen LogP contribution in [0.25, 0.3) is 0 Å². The topological polar surface area (TPSA) is 61.5 Å². The number of carbonyl (C=O) groups is 1. The number of fused-ring (bicyclic) bond motifs is 1. The molecule has 0 saturated carbocycles. The molecule has 0 atom stereocenters. The van der Waals surface area contributed by atoms with Crippen molar-refractivity contribution in [2.45, 2.75) is 19.3 Å². The molecule has 0 fully saturated rings. The number of nitrogen functional groups attached to an aromatic ring is 1. The minimum atomic E-state index is -0.460. The van der Waals surface area contributed by atoms with Crippen LogP contribution in [0, 0.1) is 0 Å². The van der Waals surface area contributed by atoms with E-state index < -0.39 is 5.97 Å². The number of benzene rings is 2. The van der Waals surface area contributed by atoms with E-state index in [0.29, 0.717) is 22.7 Å². The molecule has 0 heterocycles. The van der Waals surface area contributed by atoms with Gasteiger partial charge >= 0.3 is 5.97 Å². The van der Waals surface area contributed by atoms with Crippen LogP contribution in [-0.2, 0) is 17.6 Å². The first-order valence-corrected chi connectivity index (χ1v) is 6.95. The number of aryl methyl sites for hydroxylation is 2. The predicted molar refractivity (Wildman–Crippen MR) is 80.7 cm³/mol. The summed E-state index contributed by atoms with van der Waals surface area (Å²) in [6.45, 7) is 0. The number of hydrogen-bond acceptors (Lipinski definition) is 4. The SMILES string of the molecule is COC(=O)c1cccc(N)c1Oc1ccc2c(c1)CCC2. The minimum absolute atomic E-state index is 0.331. The summed E-state index contributed by atoms with van der Waals surface area (Å²) in [6.07, 6.45) is 3.37. The van der Waals surface area contributed by atoms with E-state index in [9.17, 15) is 4.79 Å². The zero-order valence-electron chi connectivity index (χ0n) is 11.9. The molecule has 0 amide bonds. The smallest absolute Gasteiger partial charge is 0.341 e. The normalized spacial score (nSPS) is 12.8. The summed E-state index contributed by atoms with van der Waals surface area (Å²) in [6, 6.07) is 11.1. The van der Waals surface area contributed by atoms with Crippen molar-refractivity contribution in [3.63, 3.8) is 0 Å². The molecule has 21 heavy (non-hydrogen) atoms. The fraction of sp³-hybridized carbons (Fsp3) is 0.235. The summed E-state index contributed by atoms with van der Waals surface area (Å²) in [4.78, 5) is 11.8. The van der Waals surface area contributed by atoms with Crippen molar-refractivity contribution in [3.05, 3.63) is 53.1 Å². The third-order valence-electron chi connectivity index (χ3n) is 3.74. The van der Waals surface area contributed by atoms with Gasteiger partial charge in [-0.2, -0.15) is 0 Å². The Kier molecular flexibility index (Phi) is 3.52. The lowest BCUT2D eigenvalue weighted by molar-refractivity contribution is 0.0598. The Hall–Kier alpha value is -2.49. The Morgan fingerprint density at radius 1 is 1.14 bits per heavy atom.